The lowest BCUT2D eigenvalue weighted by Gasteiger charge is -2.04. The Morgan fingerprint density at radius 2 is 1.90 bits per heavy atom. The van der Waals surface area contributed by atoms with Crippen LogP contribution in [0.3, 0.4) is 0 Å². The van der Waals surface area contributed by atoms with Crippen molar-refractivity contribution in [1.29, 1.82) is 0 Å². The number of thioether (sulfide) groups is 1. The lowest BCUT2D eigenvalue weighted by Crippen LogP contribution is -2.13. The van der Waals surface area contributed by atoms with Crippen LogP contribution >= 0.6 is 34.7 Å². The van der Waals surface area contributed by atoms with Crippen LogP contribution in [-0.2, 0) is 5.75 Å². The van der Waals surface area contributed by atoms with E-state index < -0.39 is 0 Å². The van der Waals surface area contributed by atoms with Crippen LogP contribution in [0.1, 0.15) is 21.7 Å². The molecule has 0 unspecified atom stereocenters. The van der Waals surface area contributed by atoms with Gasteiger partial charge in [0.2, 0.25) is 5.13 Å². The highest BCUT2D eigenvalue weighted by Gasteiger charge is 2.24. The molecule has 9 heteroatoms. The second-order valence-electron chi connectivity index (χ2n) is 6.04. The molecule has 1 amide bonds. The van der Waals surface area contributed by atoms with Crippen molar-refractivity contribution < 1.29 is 9.32 Å². The first-order valence-corrected chi connectivity index (χ1v) is 10.8. The summed E-state index contributed by atoms with van der Waals surface area (Å²) in [5, 5.41) is 15.9. The van der Waals surface area contributed by atoms with E-state index >= 15 is 0 Å². The van der Waals surface area contributed by atoms with E-state index in [1.54, 1.807) is 30.8 Å². The Bertz CT molecular complexity index is 1140. The van der Waals surface area contributed by atoms with Crippen molar-refractivity contribution in [2.24, 2.45) is 0 Å². The van der Waals surface area contributed by atoms with Gasteiger partial charge < -0.3 is 4.52 Å². The van der Waals surface area contributed by atoms with Gasteiger partial charge >= 0.3 is 0 Å². The number of nitrogens with one attached hydrogen (secondary N) is 1. The average molecular weight is 443 g/mol. The van der Waals surface area contributed by atoms with Gasteiger partial charge in [-0.15, -0.1) is 10.2 Å². The van der Waals surface area contributed by atoms with Crippen LogP contribution in [0.25, 0.3) is 11.3 Å². The highest BCUT2D eigenvalue weighted by Crippen LogP contribution is 2.32. The molecule has 2 heterocycles. The SMILES string of the molecule is Cc1onc(-c2ccccc2Cl)c1C(=O)Nc1nnc(SCc2ccccc2)s1. The summed E-state index contributed by atoms with van der Waals surface area (Å²) in [6.07, 6.45) is 0. The Morgan fingerprint density at radius 1 is 1.14 bits per heavy atom. The standard InChI is InChI=1S/C20H15ClN4O2S2/c1-12-16(17(25-27-12)14-9-5-6-10-15(14)21)18(26)22-19-23-24-20(29-19)28-11-13-7-3-2-4-8-13/h2-10H,11H2,1H3,(H,22,23,26). The molecule has 4 aromatic rings. The van der Waals surface area contributed by atoms with E-state index in [1.807, 2.05) is 30.3 Å². The van der Waals surface area contributed by atoms with E-state index in [2.05, 4.69) is 32.8 Å². The number of rotatable bonds is 6. The maximum absolute atomic E-state index is 12.9. The number of anilines is 1. The first-order chi connectivity index (χ1) is 14.1. The molecule has 2 aromatic carbocycles. The Kier molecular flexibility index (Phi) is 5.94. The minimum atomic E-state index is -0.366. The summed E-state index contributed by atoms with van der Waals surface area (Å²) in [6.45, 7) is 1.68. The van der Waals surface area contributed by atoms with Crippen molar-refractivity contribution in [1.82, 2.24) is 15.4 Å². The Hall–Kier alpha value is -2.68. The number of aromatic nitrogens is 3. The summed E-state index contributed by atoms with van der Waals surface area (Å²) < 4.78 is 6.03. The maximum atomic E-state index is 12.9. The summed E-state index contributed by atoms with van der Waals surface area (Å²) >= 11 is 9.15. The zero-order valence-corrected chi connectivity index (χ0v) is 17.6. The highest BCUT2D eigenvalue weighted by molar-refractivity contribution is 8.00. The Balaban J connectivity index is 1.49. The summed E-state index contributed by atoms with van der Waals surface area (Å²) in [4.78, 5) is 12.9. The number of aryl methyl sites for hydroxylation is 1. The molecule has 0 radical (unpaired) electrons. The molecule has 29 heavy (non-hydrogen) atoms. The lowest BCUT2D eigenvalue weighted by atomic mass is 10.1. The molecule has 0 aliphatic carbocycles. The summed E-state index contributed by atoms with van der Waals surface area (Å²) in [6, 6.07) is 17.3. The molecule has 146 valence electrons. The first-order valence-electron chi connectivity index (χ1n) is 8.64. The van der Waals surface area contributed by atoms with Crippen LogP contribution < -0.4 is 5.32 Å². The van der Waals surface area contributed by atoms with Gasteiger partial charge in [-0.2, -0.15) is 0 Å². The second kappa shape index (κ2) is 8.77. The van der Waals surface area contributed by atoms with Crippen LogP contribution in [0.5, 0.6) is 0 Å². The zero-order chi connectivity index (χ0) is 20.2. The van der Waals surface area contributed by atoms with E-state index in [-0.39, 0.29) is 5.91 Å². The van der Waals surface area contributed by atoms with Crippen molar-refractivity contribution in [2.45, 2.75) is 17.0 Å². The number of halogens is 1. The number of hydrogen-bond donors (Lipinski definition) is 1. The van der Waals surface area contributed by atoms with Gasteiger partial charge in [-0.05, 0) is 18.6 Å². The summed E-state index contributed by atoms with van der Waals surface area (Å²) in [7, 11) is 0. The van der Waals surface area contributed by atoms with Gasteiger partial charge in [0, 0.05) is 11.3 Å². The van der Waals surface area contributed by atoms with Gasteiger partial charge in [0.05, 0.1) is 5.02 Å². The quantitative estimate of drug-likeness (QED) is 0.304. The third-order valence-electron chi connectivity index (χ3n) is 4.05. The predicted octanol–water partition coefficient (Wildman–Crippen LogP) is 5.70. The number of carbonyl (C=O) groups is 1. The van der Waals surface area contributed by atoms with Crippen LogP contribution in [0.15, 0.2) is 63.5 Å². The average Bonchev–Trinajstić information content (AvgIpc) is 3.34. The molecule has 6 nitrogen and oxygen atoms in total. The molecule has 0 bridgehead atoms. The second-order valence-corrected chi connectivity index (χ2v) is 8.65. The zero-order valence-electron chi connectivity index (χ0n) is 15.3. The van der Waals surface area contributed by atoms with Gasteiger partial charge in [-0.1, -0.05) is 88.4 Å². The number of nitrogens with zero attached hydrogens (tertiary/aromatic N) is 3. The van der Waals surface area contributed by atoms with Gasteiger partial charge in [-0.3, -0.25) is 10.1 Å². The van der Waals surface area contributed by atoms with E-state index in [0.717, 1.165) is 10.1 Å². The van der Waals surface area contributed by atoms with E-state index in [4.69, 9.17) is 16.1 Å². The fourth-order valence-corrected chi connectivity index (χ4v) is 4.60. The molecule has 0 aliphatic rings. The number of hydrogen-bond acceptors (Lipinski definition) is 7. The van der Waals surface area contributed by atoms with E-state index in [1.165, 1.54) is 16.9 Å². The molecular formula is C20H15ClN4O2S2. The van der Waals surface area contributed by atoms with Crippen LogP contribution in [0.2, 0.25) is 5.02 Å². The van der Waals surface area contributed by atoms with Crippen molar-refractivity contribution in [3.05, 3.63) is 76.5 Å². The fraction of sp³-hybridized carbons (Fsp3) is 0.100. The Morgan fingerprint density at radius 3 is 2.69 bits per heavy atom. The fourth-order valence-electron chi connectivity index (χ4n) is 2.67. The minimum absolute atomic E-state index is 0.326. The topological polar surface area (TPSA) is 80.9 Å². The van der Waals surface area contributed by atoms with E-state index in [0.29, 0.717) is 32.7 Å². The van der Waals surface area contributed by atoms with Crippen LogP contribution in [0, 0.1) is 6.92 Å². The van der Waals surface area contributed by atoms with Crippen molar-refractivity contribution in [3.63, 3.8) is 0 Å². The molecule has 0 fully saturated rings. The van der Waals surface area contributed by atoms with Gasteiger partial charge in [0.1, 0.15) is 17.0 Å². The number of benzene rings is 2. The molecule has 0 aliphatic heterocycles. The monoisotopic (exact) mass is 442 g/mol. The van der Waals surface area contributed by atoms with E-state index in [9.17, 15) is 4.79 Å². The molecular weight excluding hydrogens is 428 g/mol. The molecule has 0 spiro atoms. The van der Waals surface area contributed by atoms with Crippen molar-refractivity contribution >= 4 is 45.7 Å². The van der Waals surface area contributed by atoms with Crippen LogP contribution in [0.4, 0.5) is 5.13 Å². The van der Waals surface area contributed by atoms with Gasteiger partial charge in [0.15, 0.2) is 4.34 Å². The molecule has 2 aromatic heterocycles. The third-order valence-corrected chi connectivity index (χ3v) is 6.42. The molecule has 0 saturated heterocycles. The highest BCUT2D eigenvalue weighted by atomic mass is 35.5. The normalized spacial score (nSPS) is 10.8. The molecule has 0 saturated carbocycles. The Labute approximate surface area is 180 Å². The van der Waals surface area contributed by atoms with Crippen LogP contribution in [-0.4, -0.2) is 21.3 Å². The maximum Gasteiger partial charge on any atom is 0.263 e. The van der Waals surface area contributed by atoms with Crippen molar-refractivity contribution in [3.8, 4) is 11.3 Å². The lowest BCUT2D eigenvalue weighted by molar-refractivity contribution is 0.102. The van der Waals surface area contributed by atoms with Gasteiger partial charge in [-0.25, -0.2) is 0 Å². The predicted molar refractivity (Wildman–Crippen MR) is 116 cm³/mol. The number of carbonyl (C=O) groups excluding carboxylic acids is 1. The summed E-state index contributed by atoms with van der Waals surface area (Å²) in [5.74, 6) is 0.820. The molecule has 0 atom stereocenters. The van der Waals surface area contributed by atoms with Gasteiger partial charge in [0.25, 0.3) is 5.91 Å². The summed E-state index contributed by atoms with van der Waals surface area (Å²) in [5.41, 5.74) is 2.55. The minimum Gasteiger partial charge on any atom is -0.360 e. The first kappa shape index (κ1) is 19.6. The smallest absolute Gasteiger partial charge is 0.263 e. The van der Waals surface area contributed by atoms with Crippen molar-refractivity contribution in [2.75, 3.05) is 5.32 Å². The number of amides is 1. The largest absolute Gasteiger partial charge is 0.360 e. The molecule has 1 N–H and O–H groups in total. The third kappa shape index (κ3) is 4.50. The molecule has 4 rings (SSSR count).